The predicted molar refractivity (Wildman–Crippen MR) is 92.7 cm³/mol. The summed E-state index contributed by atoms with van der Waals surface area (Å²) in [4.78, 5) is 27.5. The van der Waals surface area contributed by atoms with Crippen LogP contribution in [0, 0.1) is 0 Å². The second-order valence-corrected chi connectivity index (χ2v) is 5.71. The predicted octanol–water partition coefficient (Wildman–Crippen LogP) is 1.28. The summed E-state index contributed by atoms with van der Waals surface area (Å²) in [6.45, 7) is 4.85. The fourth-order valence-electron chi connectivity index (χ4n) is 2.62. The fourth-order valence-corrected chi connectivity index (χ4v) is 2.62. The first-order valence-electron chi connectivity index (χ1n) is 8.48. The number of anilines is 1. The van der Waals surface area contributed by atoms with Crippen molar-refractivity contribution in [3.05, 3.63) is 42.0 Å². The molecule has 2 aromatic rings. The Labute approximate surface area is 150 Å². The molecule has 3 heterocycles. The molecule has 0 atom stereocenters. The number of carbonyl (C=O) groups is 2. The van der Waals surface area contributed by atoms with Crippen LogP contribution in [0.15, 0.2) is 34.9 Å². The Morgan fingerprint density at radius 3 is 2.62 bits per heavy atom. The Morgan fingerprint density at radius 1 is 1.19 bits per heavy atom. The van der Waals surface area contributed by atoms with Gasteiger partial charge in [-0.05, 0) is 31.2 Å². The third-order valence-electron chi connectivity index (χ3n) is 4.02. The Morgan fingerprint density at radius 2 is 2.00 bits per heavy atom. The average Bonchev–Trinajstić information content (AvgIpc) is 3.20. The summed E-state index contributed by atoms with van der Waals surface area (Å²) in [6, 6.07) is 6.94. The number of piperazine rings is 1. The first kappa shape index (κ1) is 17.7. The molecule has 1 aliphatic rings. The van der Waals surface area contributed by atoms with Gasteiger partial charge in [0.05, 0.1) is 19.4 Å². The van der Waals surface area contributed by atoms with E-state index in [-0.39, 0.29) is 17.7 Å². The van der Waals surface area contributed by atoms with E-state index < -0.39 is 0 Å². The van der Waals surface area contributed by atoms with Gasteiger partial charge in [-0.2, -0.15) is 0 Å². The van der Waals surface area contributed by atoms with Crippen LogP contribution in [0.25, 0.3) is 0 Å². The number of hydrogen-bond donors (Lipinski definition) is 1. The highest BCUT2D eigenvalue weighted by Gasteiger charge is 2.23. The average molecular weight is 359 g/mol. The Kier molecular flexibility index (Phi) is 5.67. The van der Waals surface area contributed by atoms with E-state index in [9.17, 15) is 9.59 Å². The monoisotopic (exact) mass is 359 g/mol. The molecule has 0 bridgehead atoms. The standard InChI is InChI=1S/C17H21N5O4/c1-2-25-17(24)22-9-7-21(8-10-22)15-6-5-14(19-20-15)16(23)18-12-13-4-3-11-26-13/h3-6,11H,2,7-10,12H2,1H3,(H,18,23). The van der Waals surface area contributed by atoms with Crippen LogP contribution in [0.3, 0.4) is 0 Å². The second kappa shape index (κ2) is 8.32. The molecule has 1 fully saturated rings. The lowest BCUT2D eigenvalue weighted by atomic mass is 10.3. The maximum absolute atomic E-state index is 12.1. The van der Waals surface area contributed by atoms with Crippen LogP contribution in [0.1, 0.15) is 23.2 Å². The maximum Gasteiger partial charge on any atom is 0.409 e. The molecular weight excluding hydrogens is 338 g/mol. The quantitative estimate of drug-likeness (QED) is 0.858. The molecule has 0 spiro atoms. The zero-order valence-electron chi connectivity index (χ0n) is 14.6. The van der Waals surface area contributed by atoms with Crippen LogP contribution < -0.4 is 10.2 Å². The molecule has 1 saturated heterocycles. The lowest BCUT2D eigenvalue weighted by Crippen LogP contribution is -2.49. The number of carbonyl (C=O) groups excluding carboxylic acids is 2. The highest BCUT2D eigenvalue weighted by molar-refractivity contribution is 5.92. The van der Waals surface area contributed by atoms with Gasteiger partial charge in [0.2, 0.25) is 0 Å². The van der Waals surface area contributed by atoms with Crippen molar-refractivity contribution >= 4 is 17.8 Å². The van der Waals surface area contributed by atoms with Crippen LogP contribution in [-0.4, -0.2) is 59.9 Å². The zero-order valence-corrected chi connectivity index (χ0v) is 14.6. The molecule has 0 aromatic carbocycles. The summed E-state index contributed by atoms with van der Waals surface area (Å²) in [5.74, 6) is 1.03. The second-order valence-electron chi connectivity index (χ2n) is 5.71. The minimum atomic E-state index is -0.312. The van der Waals surface area contributed by atoms with Gasteiger partial charge < -0.3 is 24.3 Å². The van der Waals surface area contributed by atoms with Crippen molar-refractivity contribution < 1.29 is 18.7 Å². The van der Waals surface area contributed by atoms with Gasteiger partial charge in [0, 0.05) is 26.2 Å². The van der Waals surface area contributed by atoms with E-state index in [1.54, 1.807) is 42.4 Å². The molecule has 0 saturated carbocycles. The van der Waals surface area contributed by atoms with E-state index in [1.807, 2.05) is 4.90 Å². The SMILES string of the molecule is CCOC(=O)N1CCN(c2ccc(C(=O)NCc3ccco3)nn2)CC1. The van der Waals surface area contributed by atoms with E-state index >= 15 is 0 Å². The molecular formula is C17H21N5O4. The van der Waals surface area contributed by atoms with Crippen LogP contribution in [0.2, 0.25) is 0 Å². The van der Waals surface area contributed by atoms with E-state index in [0.717, 1.165) is 0 Å². The maximum atomic E-state index is 12.1. The van der Waals surface area contributed by atoms with Gasteiger partial charge in [0.15, 0.2) is 11.5 Å². The lowest BCUT2D eigenvalue weighted by molar-refractivity contribution is 0.0941. The smallest absolute Gasteiger partial charge is 0.409 e. The molecule has 2 aromatic heterocycles. The van der Waals surface area contributed by atoms with Gasteiger partial charge in [0.1, 0.15) is 5.76 Å². The summed E-state index contributed by atoms with van der Waals surface area (Å²) >= 11 is 0. The molecule has 2 amide bonds. The number of nitrogens with one attached hydrogen (secondary N) is 1. The summed E-state index contributed by atoms with van der Waals surface area (Å²) in [5, 5.41) is 10.9. The number of ether oxygens (including phenoxy) is 1. The minimum Gasteiger partial charge on any atom is -0.467 e. The molecule has 0 radical (unpaired) electrons. The van der Waals surface area contributed by atoms with Crippen LogP contribution in [-0.2, 0) is 11.3 Å². The Hall–Kier alpha value is -3.10. The fraction of sp³-hybridized carbons (Fsp3) is 0.412. The van der Waals surface area contributed by atoms with Crippen molar-refractivity contribution in [2.24, 2.45) is 0 Å². The van der Waals surface area contributed by atoms with E-state index in [0.29, 0.717) is 50.9 Å². The highest BCUT2D eigenvalue weighted by atomic mass is 16.6. The van der Waals surface area contributed by atoms with Gasteiger partial charge in [0.25, 0.3) is 5.91 Å². The third kappa shape index (κ3) is 4.29. The number of amides is 2. The summed E-state index contributed by atoms with van der Waals surface area (Å²) < 4.78 is 10.2. The van der Waals surface area contributed by atoms with E-state index in [4.69, 9.17) is 9.15 Å². The zero-order chi connectivity index (χ0) is 18.4. The summed E-state index contributed by atoms with van der Waals surface area (Å²) in [5.41, 5.74) is 0.241. The molecule has 0 aliphatic carbocycles. The molecule has 1 aliphatic heterocycles. The lowest BCUT2D eigenvalue weighted by Gasteiger charge is -2.34. The van der Waals surface area contributed by atoms with Crippen molar-refractivity contribution in [1.82, 2.24) is 20.4 Å². The molecule has 3 rings (SSSR count). The van der Waals surface area contributed by atoms with Crippen molar-refractivity contribution in [2.75, 3.05) is 37.7 Å². The third-order valence-corrected chi connectivity index (χ3v) is 4.02. The molecule has 26 heavy (non-hydrogen) atoms. The van der Waals surface area contributed by atoms with E-state index in [2.05, 4.69) is 15.5 Å². The van der Waals surface area contributed by atoms with Crippen LogP contribution in [0.4, 0.5) is 10.6 Å². The first-order valence-corrected chi connectivity index (χ1v) is 8.48. The van der Waals surface area contributed by atoms with Gasteiger partial charge >= 0.3 is 6.09 Å². The number of furan rings is 1. The molecule has 1 N–H and O–H groups in total. The summed E-state index contributed by atoms with van der Waals surface area (Å²) in [7, 11) is 0. The Bertz CT molecular complexity index is 724. The highest BCUT2D eigenvalue weighted by Crippen LogP contribution is 2.13. The largest absolute Gasteiger partial charge is 0.467 e. The molecule has 9 nitrogen and oxygen atoms in total. The summed E-state index contributed by atoms with van der Waals surface area (Å²) in [6.07, 6.45) is 1.26. The van der Waals surface area contributed by atoms with Crippen molar-refractivity contribution in [1.29, 1.82) is 0 Å². The van der Waals surface area contributed by atoms with Gasteiger partial charge in [-0.1, -0.05) is 0 Å². The van der Waals surface area contributed by atoms with Gasteiger partial charge in [-0.3, -0.25) is 4.79 Å². The normalized spacial score (nSPS) is 14.2. The number of aromatic nitrogens is 2. The van der Waals surface area contributed by atoms with Crippen molar-refractivity contribution in [3.63, 3.8) is 0 Å². The van der Waals surface area contributed by atoms with Gasteiger partial charge in [-0.25, -0.2) is 4.79 Å². The molecule has 0 unspecified atom stereocenters. The van der Waals surface area contributed by atoms with Crippen molar-refractivity contribution in [3.8, 4) is 0 Å². The topological polar surface area (TPSA) is 101 Å². The Balaban J connectivity index is 1.51. The van der Waals surface area contributed by atoms with E-state index in [1.165, 1.54) is 0 Å². The number of rotatable bonds is 5. The van der Waals surface area contributed by atoms with Gasteiger partial charge in [-0.15, -0.1) is 10.2 Å². The minimum absolute atomic E-state index is 0.241. The van der Waals surface area contributed by atoms with Crippen molar-refractivity contribution in [2.45, 2.75) is 13.5 Å². The number of hydrogen-bond acceptors (Lipinski definition) is 7. The van der Waals surface area contributed by atoms with Crippen LogP contribution >= 0.6 is 0 Å². The molecule has 9 heteroatoms. The first-order chi connectivity index (χ1) is 12.7. The molecule has 138 valence electrons. The van der Waals surface area contributed by atoms with Crippen LogP contribution in [0.5, 0.6) is 0 Å². The number of nitrogens with zero attached hydrogens (tertiary/aromatic N) is 4.